The molecule has 23 heavy (non-hydrogen) atoms. The van der Waals surface area contributed by atoms with E-state index in [1.807, 2.05) is 0 Å². The normalized spacial score (nSPS) is 13.7. The monoisotopic (exact) mass is 306 g/mol. The fourth-order valence-electron chi connectivity index (χ4n) is 3.48. The van der Waals surface area contributed by atoms with Gasteiger partial charge in [0.2, 0.25) is 0 Å². The highest BCUT2D eigenvalue weighted by molar-refractivity contribution is 5.86. The quantitative estimate of drug-likeness (QED) is 0.668. The van der Waals surface area contributed by atoms with Crippen LogP contribution in [0, 0.1) is 6.92 Å². The number of benzene rings is 2. The molecule has 0 amide bonds. The van der Waals surface area contributed by atoms with Gasteiger partial charge in [0.05, 0.1) is 7.11 Å². The number of hydrogen-bond acceptors (Lipinski definition) is 1. The third-order valence-corrected chi connectivity index (χ3v) is 4.69. The van der Waals surface area contributed by atoms with Gasteiger partial charge in [0.15, 0.2) is 0 Å². The Morgan fingerprint density at radius 1 is 1.00 bits per heavy atom. The van der Waals surface area contributed by atoms with Gasteiger partial charge in [-0.25, -0.2) is 0 Å². The minimum Gasteiger partial charge on any atom is -0.496 e. The Morgan fingerprint density at radius 2 is 1.65 bits per heavy atom. The zero-order valence-electron chi connectivity index (χ0n) is 15.1. The summed E-state index contributed by atoms with van der Waals surface area (Å²) >= 11 is 0. The summed E-state index contributed by atoms with van der Waals surface area (Å²) in [7, 11) is 1.77. The second-order valence-corrected chi connectivity index (χ2v) is 7.67. The molecule has 120 valence electrons. The van der Waals surface area contributed by atoms with Crippen molar-refractivity contribution in [2.75, 3.05) is 7.11 Å². The van der Waals surface area contributed by atoms with Crippen LogP contribution in [0.5, 0.6) is 5.75 Å². The first-order chi connectivity index (χ1) is 10.8. The number of rotatable bonds is 2. The molecule has 0 saturated carbocycles. The topological polar surface area (TPSA) is 9.23 Å². The van der Waals surface area contributed by atoms with E-state index < -0.39 is 0 Å². The van der Waals surface area contributed by atoms with E-state index in [4.69, 9.17) is 4.74 Å². The van der Waals surface area contributed by atoms with Crippen LogP contribution in [0.25, 0.3) is 17.2 Å². The number of ether oxygens (including phenoxy) is 1. The van der Waals surface area contributed by atoms with Gasteiger partial charge in [-0.15, -0.1) is 0 Å². The number of hydrogen-bond donors (Lipinski definition) is 0. The Bertz CT molecular complexity index is 771. The van der Waals surface area contributed by atoms with Crippen LogP contribution in [-0.2, 0) is 11.8 Å². The molecule has 1 heteroatoms. The van der Waals surface area contributed by atoms with Crippen molar-refractivity contribution < 1.29 is 4.74 Å². The van der Waals surface area contributed by atoms with Gasteiger partial charge >= 0.3 is 0 Å². The van der Waals surface area contributed by atoms with E-state index >= 15 is 0 Å². The van der Waals surface area contributed by atoms with Crippen LogP contribution in [0.4, 0.5) is 0 Å². The first-order valence-corrected chi connectivity index (χ1v) is 8.30. The zero-order valence-corrected chi connectivity index (χ0v) is 15.1. The predicted octanol–water partition coefficient (Wildman–Crippen LogP) is 5.93. The molecular formula is C22H26O. The summed E-state index contributed by atoms with van der Waals surface area (Å²) in [4.78, 5) is 0. The van der Waals surface area contributed by atoms with Gasteiger partial charge in [-0.05, 0) is 53.5 Å². The van der Waals surface area contributed by atoms with E-state index in [-0.39, 0.29) is 5.41 Å². The molecule has 0 N–H and O–H groups in total. The first kappa shape index (κ1) is 15.9. The number of allylic oxidation sites excluding steroid dienone is 1. The molecule has 0 heterocycles. The zero-order chi connectivity index (χ0) is 16.8. The molecule has 3 rings (SSSR count). The van der Waals surface area contributed by atoms with Crippen molar-refractivity contribution in [3.8, 4) is 16.9 Å². The lowest BCUT2D eigenvalue weighted by molar-refractivity contribution is 0.413. The van der Waals surface area contributed by atoms with E-state index in [1.54, 1.807) is 7.11 Å². The van der Waals surface area contributed by atoms with Crippen molar-refractivity contribution in [1.29, 1.82) is 0 Å². The highest BCUT2D eigenvalue weighted by Crippen LogP contribution is 2.42. The summed E-state index contributed by atoms with van der Waals surface area (Å²) < 4.78 is 5.76. The van der Waals surface area contributed by atoms with Crippen LogP contribution in [0.3, 0.4) is 0 Å². The number of methoxy groups -OCH3 is 1. The van der Waals surface area contributed by atoms with Gasteiger partial charge in [-0.3, -0.25) is 0 Å². The molecule has 2 aromatic rings. The highest BCUT2D eigenvalue weighted by Gasteiger charge is 2.21. The Balaban J connectivity index is 2.20. The fourth-order valence-corrected chi connectivity index (χ4v) is 3.48. The van der Waals surface area contributed by atoms with E-state index in [0.29, 0.717) is 0 Å². The second kappa shape index (κ2) is 5.56. The number of aryl methyl sites for hydroxylation is 1. The molecule has 1 aliphatic carbocycles. The fraction of sp³-hybridized carbons (Fsp3) is 0.364. The minimum absolute atomic E-state index is 0.174. The Kier molecular flexibility index (Phi) is 3.83. The molecule has 0 saturated heterocycles. The maximum atomic E-state index is 5.76. The molecule has 0 fully saturated rings. The Labute approximate surface area is 140 Å². The SMILES string of the molecule is COc1c(C)cc2c(c1-c1ccc(C(C)(C)C)cc1)C=C(C)C2. The average molecular weight is 306 g/mol. The van der Waals surface area contributed by atoms with Crippen molar-refractivity contribution in [1.82, 2.24) is 0 Å². The summed E-state index contributed by atoms with van der Waals surface area (Å²) in [6.45, 7) is 11.1. The van der Waals surface area contributed by atoms with E-state index in [0.717, 1.165) is 12.2 Å². The smallest absolute Gasteiger partial charge is 0.130 e. The molecule has 0 radical (unpaired) electrons. The van der Waals surface area contributed by atoms with Crippen LogP contribution < -0.4 is 4.74 Å². The minimum atomic E-state index is 0.174. The summed E-state index contributed by atoms with van der Waals surface area (Å²) in [5, 5.41) is 0. The van der Waals surface area contributed by atoms with Crippen molar-refractivity contribution in [3.63, 3.8) is 0 Å². The van der Waals surface area contributed by atoms with Crippen molar-refractivity contribution in [2.24, 2.45) is 0 Å². The summed E-state index contributed by atoms with van der Waals surface area (Å²) in [6.07, 6.45) is 3.36. The molecule has 0 spiro atoms. The molecule has 1 aliphatic rings. The van der Waals surface area contributed by atoms with Gasteiger partial charge in [0.1, 0.15) is 5.75 Å². The maximum Gasteiger partial charge on any atom is 0.130 e. The highest BCUT2D eigenvalue weighted by atomic mass is 16.5. The molecule has 0 aliphatic heterocycles. The molecule has 1 nitrogen and oxygen atoms in total. The molecule has 0 bridgehead atoms. The lowest BCUT2D eigenvalue weighted by atomic mass is 9.85. The van der Waals surface area contributed by atoms with Crippen molar-refractivity contribution in [3.05, 3.63) is 58.2 Å². The lowest BCUT2D eigenvalue weighted by Crippen LogP contribution is -2.10. The average Bonchev–Trinajstić information content (AvgIpc) is 2.84. The molecule has 0 aromatic heterocycles. The Hall–Kier alpha value is -2.02. The van der Waals surface area contributed by atoms with E-state index in [2.05, 4.69) is 71.0 Å². The van der Waals surface area contributed by atoms with Crippen molar-refractivity contribution >= 4 is 6.08 Å². The van der Waals surface area contributed by atoms with Crippen LogP contribution in [0.15, 0.2) is 35.9 Å². The predicted molar refractivity (Wildman–Crippen MR) is 99.2 cm³/mol. The third kappa shape index (κ3) is 2.81. The second-order valence-electron chi connectivity index (χ2n) is 7.67. The van der Waals surface area contributed by atoms with Crippen LogP contribution in [0.2, 0.25) is 0 Å². The van der Waals surface area contributed by atoms with Crippen molar-refractivity contribution in [2.45, 2.75) is 46.5 Å². The van der Waals surface area contributed by atoms with Crippen LogP contribution >= 0.6 is 0 Å². The maximum absolute atomic E-state index is 5.76. The van der Waals surface area contributed by atoms with Gasteiger partial charge in [-0.1, -0.05) is 62.8 Å². The van der Waals surface area contributed by atoms with Gasteiger partial charge in [0.25, 0.3) is 0 Å². The summed E-state index contributed by atoms with van der Waals surface area (Å²) in [6, 6.07) is 11.2. The third-order valence-electron chi connectivity index (χ3n) is 4.69. The largest absolute Gasteiger partial charge is 0.496 e. The standard InChI is InChI=1S/C22H26O/c1-14-11-17-13-15(2)21(23-6)20(19(17)12-14)16-7-9-18(10-8-16)22(3,4)5/h7-10,12-13H,11H2,1-6H3. The Morgan fingerprint density at radius 3 is 2.22 bits per heavy atom. The molecule has 0 atom stereocenters. The first-order valence-electron chi connectivity index (χ1n) is 8.30. The number of fused-ring (bicyclic) bond motifs is 1. The van der Waals surface area contributed by atoms with E-state index in [1.165, 1.54) is 39.0 Å². The molecular weight excluding hydrogens is 280 g/mol. The lowest BCUT2D eigenvalue weighted by Gasteiger charge is -2.20. The van der Waals surface area contributed by atoms with E-state index in [9.17, 15) is 0 Å². The van der Waals surface area contributed by atoms with Gasteiger partial charge in [0, 0.05) is 5.56 Å². The summed E-state index contributed by atoms with van der Waals surface area (Å²) in [5.74, 6) is 0.998. The van der Waals surface area contributed by atoms with Gasteiger partial charge in [-0.2, -0.15) is 0 Å². The van der Waals surface area contributed by atoms with Crippen LogP contribution in [-0.4, -0.2) is 7.11 Å². The summed E-state index contributed by atoms with van der Waals surface area (Å²) in [5.41, 5.74) is 9.37. The molecule has 2 aromatic carbocycles. The van der Waals surface area contributed by atoms with Gasteiger partial charge < -0.3 is 4.74 Å². The molecule has 0 unspecified atom stereocenters. The van der Waals surface area contributed by atoms with Crippen LogP contribution in [0.1, 0.15) is 49.9 Å².